The van der Waals surface area contributed by atoms with E-state index in [1.54, 1.807) is 6.20 Å². The van der Waals surface area contributed by atoms with Gasteiger partial charge in [0.1, 0.15) is 0 Å². The second-order valence-electron chi connectivity index (χ2n) is 3.66. The first-order valence-corrected chi connectivity index (χ1v) is 8.30. The lowest BCUT2D eigenvalue weighted by atomic mass is 10.3. The molecule has 0 bridgehead atoms. The molecule has 1 heterocycles. The highest BCUT2D eigenvalue weighted by atomic mass is 79.9. The van der Waals surface area contributed by atoms with Crippen molar-refractivity contribution in [2.24, 2.45) is 0 Å². The van der Waals surface area contributed by atoms with Gasteiger partial charge in [0.25, 0.3) is 0 Å². The van der Waals surface area contributed by atoms with Gasteiger partial charge in [-0.3, -0.25) is 4.98 Å². The molecule has 0 atom stereocenters. The van der Waals surface area contributed by atoms with Crippen LogP contribution in [-0.2, 0) is 6.54 Å². The van der Waals surface area contributed by atoms with Crippen molar-refractivity contribution in [1.82, 2.24) is 4.98 Å². The molecule has 0 aliphatic rings. The summed E-state index contributed by atoms with van der Waals surface area (Å²) in [7, 11) is 0. The molecule has 0 radical (unpaired) electrons. The minimum absolute atomic E-state index is 0.490. The van der Waals surface area contributed by atoms with Crippen molar-refractivity contribution >= 4 is 76.7 Å². The van der Waals surface area contributed by atoms with Gasteiger partial charge in [0.05, 0.1) is 28.0 Å². The van der Waals surface area contributed by atoms with Crippen LogP contribution < -0.4 is 5.32 Å². The Morgan fingerprint density at radius 1 is 1.05 bits per heavy atom. The number of anilines is 1. The molecule has 1 N–H and O–H groups in total. The normalized spacial score (nSPS) is 10.6. The lowest BCUT2D eigenvalue weighted by Gasteiger charge is -2.11. The van der Waals surface area contributed by atoms with E-state index in [0.29, 0.717) is 16.6 Å². The van der Waals surface area contributed by atoms with Crippen LogP contribution in [-0.4, -0.2) is 4.98 Å². The van der Waals surface area contributed by atoms with Crippen LogP contribution in [0.25, 0.3) is 0 Å². The first-order valence-electron chi connectivity index (χ1n) is 5.16. The molecule has 2 nitrogen and oxygen atoms in total. The number of hydrogen-bond acceptors (Lipinski definition) is 2. The molecular weight excluding hydrogens is 483 g/mol. The van der Waals surface area contributed by atoms with Crippen molar-refractivity contribution in [3.8, 4) is 0 Å². The van der Waals surface area contributed by atoms with E-state index in [2.05, 4.69) is 58.1 Å². The zero-order chi connectivity index (χ0) is 14.0. The Morgan fingerprint density at radius 3 is 2.47 bits per heavy atom. The smallest absolute Gasteiger partial charge is 0.0835 e. The number of aromatic nitrogens is 1. The fourth-order valence-electron chi connectivity index (χ4n) is 1.41. The van der Waals surface area contributed by atoms with E-state index >= 15 is 0 Å². The number of nitrogens with one attached hydrogen (secondary N) is 1. The van der Waals surface area contributed by atoms with Crippen LogP contribution in [0.3, 0.4) is 0 Å². The minimum Gasteiger partial charge on any atom is -0.378 e. The molecule has 2 aromatic rings. The molecule has 19 heavy (non-hydrogen) atoms. The number of hydrogen-bond donors (Lipinski definition) is 1. The molecule has 0 unspecified atom stereocenters. The van der Waals surface area contributed by atoms with E-state index < -0.39 is 0 Å². The fraction of sp³-hybridized carbons (Fsp3) is 0.0833. The maximum atomic E-state index is 6.17. The molecule has 2 rings (SSSR count). The summed E-state index contributed by atoms with van der Waals surface area (Å²) >= 11 is 22.4. The van der Waals surface area contributed by atoms with E-state index in [0.717, 1.165) is 24.8 Å². The molecule has 0 aliphatic carbocycles. The Hall–Kier alpha value is 0.190. The highest BCUT2D eigenvalue weighted by Gasteiger charge is 2.09. The molecule has 0 saturated heterocycles. The second kappa shape index (κ2) is 6.76. The average Bonchev–Trinajstić information content (AvgIpc) is 2.37. The molecule has 0 saturated carbocycles. The van der Waals surface area contributed by atoms with Gasteiger partial charge in [-0.25, -0.2) is 0 Å². The first-order chi connectivity index (χ1) is 8.99. The summed E-state index contributed by atoms with van der Waals surface area (Å²) in [6.07, 6.45) is 1.75. The third kappa shape index (κ3) is 3.85. The van der Waals surface area contributed by atoms with Crippen molar-refractivity contribution in [2.75, 3.05) is 5.32 Å². The van der Waals surface area contributed by atoms with Gasteiger partial charge in [0.2, 0.25) is 0 Å². The average molecular weight is 490 g/mol. The van der Waals surface area contributed by atoms with Crippen LogP contribution in [0.4, 0.5) is 5.69 Å². The lowest BCUT2D eigenvalue weighted by Crippen LogP contribution is -2.03. The van der Waals surface area contributed by atoms with Gasteiger partial charge in [0.15, 0.2) is 0 Å². The lowest BCUT2D eigenvalue weighted by molar-refractivity contribution is 1.03. The molecule has 100 valence electrons. The van der Waals surface area contributed by atoms with Gasteiger partial charge in [-0.2, -0.15) is 0 Å². The molecule has 0 fully saturated rings. The Balaban J connectivity index is 2.17. The molecule has 1 aromatic carbocycles. The number of pyridine rings is 1. The van der Waals surface area contributed by atoms with Crippen molar-refractivity contribution in [3.63, 3.8) is 0 Å². The monoisotopic (exact) mass is 486 g/mol. The first kappa shape index (κ1) is 15.6. The zero-order valence-corrected chi connectivity index (χ0v) is 15.6. The second-order valence-corrected chi connectivity index (χ2v) is 7.04. The fourth-order valence-corrected chi connectivity index (χ4v) is 3.38. The largest absolute Gasteiger partial charge is 0.378 e. The van der Waals surface area contributed by atoms with Crippen molar-refractivity contribution in [3.05, 3.63) is 53.6 Å². The summed E-state index contributed by atoms with van der Waals surface area (Å²) in [6.45, 7) is 0.547. The standard InChI is InChI=1S/C12H7Br3Cl2N2/c13-6-3-8(15)10(18-4-6)5-19-9-2-1-7(14)11(16)12(9)17/h1-4,19H,5H2. The predicted octanol–water partition coefficient (Wildman–Crippen LogP) is 6.29. The van der Waals surface area contributed by atoms with Gasteiger partial charge in [0, 0.05) is 19.6 Å². The van der Waals surface area contributed by atoms with Gasteiger partial charge in [-0.1, -0.05) is 23.2 Å². The topological polar surface area (TPSA) is 24.9 Å². The van der Waals surface area contributed by atoms with Crippen LogP contribution >= 0.6 is 71.0 Å². The summed E-state index contributed by atoms with van der Waals surface area (Å²) in [5, 5.41) is 4.20. The van der Waals surface area contributed by atoms with E-state index in [4.69, 9.17) is 23.2 Å². The van der Waals surface area contributed by atoms with Crippen LogP contribution in [0.15, 0.2) is 37.8 Å². The molecule has 0 amide bonds. The molecule has 7 heteroatoms. The van der Waals surface area contributed by atoms with Crippen molar-refractivity contribution < 1.29 is 0 Å². The minimum atomic E-state index is 0.490. The summed E-state index contributed by atoms with van der Waals surface area (Å²) in [6, 6.07) is 5.66. The Morgan fingerprint density at radius 2 is 1.79 bits per heavy atom. The van der Waals surface area contributed by atoms with Crippen LogP contribution in [0, 0.1) is 0 Å². The molecule has 1 aromatic heterocycles. The van der Waals surface area contributed by atoms with Crippen molar-refractivity contribution in [2.45, 2.75) is 6.54 Å². The van der Waals surface area contributed by atoms with Gasteiger partial charge in [-0.15, -0.1) is 0 Å². The van der Waals surface area contributed by atoms with Crippen LogP contribution in [0.2, 0.25) is 10.0 Å². The number of rotatable bonds is 3. The van der Waals surface area contributed by atoms with Crippen LogP contribution in [0.1, 0.15) is 5.69 Å². The van der Waals surface area contributed by atoms with E-state index in [-0.39, 0.29) is 0 Å². The maximum Gasteiger partial charge on any atom is 0.0835 e. The summed E-state index contributed by atoms with van der Waals surface area (Å²) in [4.78, 5) is 4.32. The highest BCUT2D eigenvalue weighted by molar-refractivity contribution is 9.11. The van der Waals surface area contributed by atoms with Crippen molar-refractivity contribution in [1.29, 1.82) is 0 Å². The third-order valence-electron chi connectivity index (χ3n) is 2.37. The SMILES string of the molecule is Clc1c(Br)ccc(NCc2ncc(Br)cc2Br)c1Cl. The molecular formula is C12H7Br3Cl2N2. The van der Waals surface area contributed by atoms with E-state index in [1.165, 1.54) is 0 Å². The summed E-state index contributed by atoms with van der Waals surface area (Å²) in [5.41, 5.74) is 1.66. The summed E-state index contributed by atoms with van der Waals surface area (Å²) in [5.74, 6) is 0. The van der Waals surface area contributed by atoms with E-state index in [1.807, 2.05) is 18.2 Å². The number of benzene rings is 1. The molecule has 0 spiro atoms. The van der Waals surface area contributed by atoms with Gasteiger partial charge < -0.3 is 5.32 Å². The summed E-state index contributed by atoms with van der Waals surface area (Å²) < 4.78 is 2.62. The highest BCUT2D eigenvalue weighted by Crippen LogP contribution is 2.36. The van der Waals surface area contributed by atoms with Crippen LogP contribution in [0.5, 0.6) is 0 Å². The number of halogens is 5. The maximum absolute atomic E-state index is 6.17. The Kier molecular flexibility index (Phi) is 5.55. The third-order valence-corrected chi connectivity index (χ3v) is 5.26. The Labute approximate surface area is 146 Å². The Bertz CT molecular complexity index is 620. The molecule has 0 aliphatic heterocycles. The number of nitrogens with zero attached hydrogens (tertiary/aromatic N) is 1. The van der Waals surface area contributed by atoms with Gasteiger partial charge >= 0.3 is 0 Å². The quantitative estimate of drug-likeness (QED) is 0.513. The van der Waals surface area contributed by atoms with Gasteiger partial charge in [-0.05, 0) is 66.0 Å². The predicted molar refractivity (Wildman–Crippen MR) is 91.1 cm³/mol. The van der Waals surface area contributed by atoms with E-state index in [9.17, 15) is 0 Å². The zero-order valence-electron chi connectivity index (χ0n) is 9.35.